The van der Waals surface area contributed by atoms with Crippen molar-refractivity contribution in [3.8, 4) is 10.6 Å². The van der Waals surface area contributed by atoms with Crippen LogP contribution in [0.2, 0.25) is 0 Å². The van der Waals surface area contributed by atoms with Crippen LogP contribution in [-0.2, 0) is 9.53 Å². The van der Waals surface area contributed by atoms with Crippen molar-refractivity contribution in [2.75, 3.05) is 35.2 Å². The number of carbonyl (C=O) groups is 1. The summed E-state index contributed by atoms with van der Waals surface area (Å²) in [6, 6.07) is 9.70. The van der Waals surface area contributed by atoms with Crippen LogP contribution < -0.4 is 15.5 Å². The summed E-state index contributed by atoms with van der Waals surface area (Å²) >= 11 is 1.59. The van der Waals surface area contributed by atoms with Crippen LogP contribution in [0.3, 0.4) is 0 Å². The molecule has 0 bridgehead atoms. The summed E-state index contributed by atoms with van der Waals surface area (Å²) in [5, 5.41) is 7.54. The van der Waals surface area contributed by atoms with Gasteiger partial charge >= 0.3 is 0 Å². The molecule has 0 radical (unpaired) electrons. The molecule has 2 fully saturated rings. The molecule has 166 valence electrons. The SMILES string of the molecule is Cc1nc(NCC2CCCO2)sc1-c1ccnc(Nc2ccc(N3CCCC3=O)cc2)n1. The Morgan fingerprint density at radius 1 is 1.19 bits per heavy atom. The van der Waals surface area contributed by atoms with Gasteiger partial charge in [-0.1, -0.05) is 11.3 Å². The molecule has 8 nitrogen and oxygen atoms in total. The maximum atomic E-state index is 11.9. The number of hydrogen-bond donors (Lipinski definition) is 2. The number of ether oxygens (including phenoxy) is 1. The highest BCUT2D eigenvalue weighted by molar-refractivity contribution is 7.19. The Balaban J connectivity index is 1.27. The standard InChI is InChI=1S/C23H26N6O2S/c1-15-21(32-23(26-15)25-14-18-4-3-13-31-18)19-10-11-24-22(28-19)27-16-6-8-17(9-7-16)29-12-2-5-20(29)30/h6-11,18H,2-5,12-14H2,1H3,(H,25,26)(H,24,27,28). The monoisotopic (exact) mass is 450 g/mol. The van der Waals surface area contributed by atoms with Crippen LogP contribution in [0.1, 0.15) is 31.4 Å². The van der Waals surface area contributed by atoms with Crippen LogP contribution in [-0.4, -0.2) is 46.7 Å². The lowest BCUT2D eigenvalue weighted by atomic mass is 10.2. The maximum Gasteiger partial charge on any atom is 0.227 e. The predicted molar refractivity (Wildman–Crippen MR) is 127 cm³/mol. The van der Waals surface area contributed by atoms with E-state index in [1.54, 1.807) is 17.5 Å². The Kier molecular flexibility index (Phi) is 6.00. The summed E-state index contributed by atoms with van der Waals surface area (Å²) in [5.41, 5.74) is 3.57. The molecular formula is C23H26N6O2S. The first kappa shape index (κ1) is 20.8. The highest BCUT2D eigenvalue weighted by Crippen LogP contribution is 2.32. The molecule has 2 aliphatic rings. The van der Waals surface area contributed by atoms with Gasteiger partial charge in [0, 0.05) is 43.7 Å². The number of amides is 1. The average Bonchev–Trinajstić information content (AvgIpc) is 3.55. The molecule has 4 heterocycles. The van der Waals surface area contributed by atoms with E-state index in [2.05, 4.69) is 20.6 Å². The van der Waals surface area contributed by atoms with E-state index in [4.69, 9.17) is 9.72 Å². The van der Waals surface area contributed by atoms with Crippen LogP contribution >= 0.6 is 11.3 Å². The molecule has 2 N–H and O–H groups in total. The molecular weight excluding hydrogens is 424 g/mol. The zero-order valence-corrected chi connectivity index (χ0v) is 18.8. The fourth-order valence-corrected chi connectivity index (χ4v) is 4.98. The van der Waals surface area contributed by atoms with Crippen LogP contribution in [0.15, 0.2) is 36.5 Å². The lowest BCUT2D eigenvalue weighted by Crippen LogP contribution is -2.23. The number of anilines is 4. The number of thiazole rings is 1. The second kappa shape index (κ2) is 9.22. The second-order valence-electron chi connectivity index (χ2n) is 8.04. The van der Waals surface area contributed by atoms with E-state index in [-0.39, 0.29) is 12.0 Å². The van der Waals surface area contributed by atoms with Crippen molar-refractivity contribution in [2.45, 2.75) is 38.7 Å². The summed E-state index contributed by atoms with van der Waals surface area (Å²) < 4.78 is 5.68. The number of carbonyl (C=O) groups excluding carboxylic acids is 1. The summed E-state index contributed by atoms with van der Waals surface area (Å²) in [6.07, 6.45) is 5.80. The zero-order chi connectivity index (χ0) is 21.9. The van der Waals surface area contributed by atoms with Crippen molar-refractivity contribution in [1.29, 1.82) is 0 Å². The van der Waals surface area contributed by atoms with Crippen LogP contribution in [0, 0.1) is 6.92 Å². The van der Waals surface area contributed by atoms with E-state index in [0.717, 1.165) is 71.7 Å². The Hall–Kier alpha value is -3.04. The topological polar surface area (TPSA) is 92.3 Å². The molecule has 5 rings (SSSR count). The van der Waals surface area contributed by atoms with E-state index in [0.29, 0.717) is 12.4 Å². The first-order valence-corrected chi connectivity index (χ1v) is 11.8. The Morgan fingerprint density at radius 2 is 2.06 bits per heavy atom. The van der Waals surface area contributed by atoms with Gasteiger partial charge in [0.25, 0.3) is 0 Å². The van der Waals surface area contributed by atoms with Crippen molar-refractivity contribution in [3.63, 3.8) is 0 Å². The molecule has 1 aromatic carbocycles. The fraction of sp³-hybridized carbons (Fsp3) is 0.391. The van der Waals surface area contributed by atoms with E-state index in [9.17, 15) is 4.79 Å². The fourth-order valence-electron chi connectivity index (χ4n) is 4.04. The number of rotatable bonds is 7. The molecule has 2 aliphatic heterocycles. The first-order chi connectivity index (χ1) is 15.7. The van der Waals surface area contributed by atoms with Gasteiger partial charge in [-0.15, -0.1) is 0 Å². The van der Waals surface area contributed by atoms with Gasteiger partial charge < -0.3 is 20.3 Å². The predicted octanol–water partition coefficient (Wildman–Crippen LogP) is 4.37. The van der Waals surface area contributed by atoms with Crippen LogP contribution in [0.4, 0.5) is 22.5 Å². The van der Waals surface area contributed by atoms with E-state index in [1.165, 1.54) is 0 Å². The van der Waals surface area contributed by atoms with E-state index >= 15 is 0 Å². The van der Waals surface area contributed by atoms with E-state index in [1.807, 2.05) is 42.2 Å². The smallest absolute Gasteiger partial charge is 0.227 e. The summed E-state index contributed by atoms with van der Waals surface area (Å²) in [4.78, 5) is 28.5. The molecule has 32 heavy (non-hydrogen) atoms. The van der Waals surface area contributed by atoms with Crippen molar-refractivity contribution >= 4 is 39.7 Å². The second-order valence-corrected chi connectivity index (χ2v) is 9.03. The third kappa shape index (κ3) is 4.58. The van der Waals surface area contributed by atoms with Crippen LogP contribution in [0.25, 0.3) is 10.6 Å². The number of aromatic nitrogens is 3. The molecule has 0 saturated carbocycles. The number of nitrogens with one attached hydrogen (secondary N) is 2. The number of nitrogens with zero attached hydrogens (tertiary/aromatic N) is 4. The number of aryl methyl sites for hydroxylation is 1. The lowest BCUT2D eigenvalue weighted by Gasteiger charge is -2.16. The molecule has 1 atom stereocenters. The van der Waals surface area contributed by atoms with Gasteiger partial charge in [0.05, 0.1) is 22.4 Å². The molecule has 1 amide bonds. The summed E-state index contributed by atoms with van der Waals surface area (Å²) in [5.74, 6) is 0.709. The third-order valence-electron chi connectivity index (χ3n) is 5.70. The Labute approximate surface area is 191 Å². The zero-order valence-electron chi connectivity index (χ0n) is 18.0. The normalized spacial score (nSPS) is 18.3. The first-order valence-electron chi connectivity index (χ1n) is 11.0. The van der Waals surface area contributed by atoms with Gasteiger partial charge in [0.15, 0.2) is 5.13 Å². The molecule has 0 spiro atoms. The van der Waals surface area contributed by atoms with Gasteiger partial charge in [0.1, 0.15) is 0 Å². The third-order valence-corrected chi connectivity index (χ3v) is 6.84. The van der Waals surface area contributed by atoms with Gasteiger partial charge in [-0.05, 0) is 56.5 Å². The lowest BCUT2D eigenvalue weighted by molar-refractivity contribution is -0.117. The van der Waals surface area contributed by atoms with Crippen molar-refractivity contribution < 1.29 is 9.53 Å². The number of hydrogen-bond acceptors (Lipinski definition) is 8. The highest BCUT2D eigenvalue weighted by atomic mass is 32.1. The van der Waals surface area contributed by atoms with E-state index < -0.39 is 0 Å². The average molecular weight is 451 g/mol. The minimum atomic E-state index is 0.186. The van der Waals surface area contributed by atoms with Gasteiger partial charge in [0.2, 0.25) is 11.9 Å². The Morgan fingerprint density at radius 3 is 2.81 bits per heavy atom. The number of benzene rings is 1. The minimum absolute atomic E-state index is 0.186. The molecule has 9 heteroatoms. The maximum absolute atomic E-state index is 11.9. The molecule has 2 saturated heterocycles. The van der Waals surface area contributed by atoms with Gasteiger partial charge in [-0.25, -0.2) is 15.0 Å². The minimum Gasteiger partial charge on any atom is -0.376 e. The highest BCUT2D eigenvalue weighted by Gasteiger charge is 2.21. The quantitative estimate of drug-likeness (QED) is 0.552. The largest absolute Gasteiger partial charge is 0.376 e. The van der Waals surface area contributed by atoms with Gasteiger partial charge in [-0.2, -0.15) is 0 Å². The molecule has 3 aromatic rings. The van der Waals surface area contributed by atoms with Crippen molar-refractivity contribution in [3.05, 3.63) is 42.2 Å². The van der Waals surface area contributed by atoms with Crippen molar-refractivity contribution in [2.24, 2.45) is 0 Å². The van der Waals surface area contributed by atoms with Crippen LogP contribution in [0.5, 0.6) is 0 Å². The summed E-state index contributed by atoms with van der Waals surface area (Å²) in [7, 11) is 0. The van der Waals surface area contributed by atoms with Gasteiger partial charge in [-0.3, -0.25) is 4.79 Å². The summed E-state index contributed by atoms with van der Waals surface area (Å²) in [6.45, 7) is 4.42. The molecule has 1 unspecified atom stereocenters. The molecule has 2 aromatic heterocycles. The van der Waals surface area contributed by atoms with Crippen molar-refractivity contribution in [1.82, 2.24) is 15.0 Å². The Bertz CT molecular complexity index is 1090. The molecule has 0 aliphatic carbocycles.